The maximum atomic E-state index is 12.3. The maximum absolute atomic E-state index is 12.3. The molecule has 0 radical (unpaired) electrons. The molecule has 138 valence electrons. The lowest BCUT2D eigenvalue weighted by Crippen LogP contribution is -2.42. The van der Waals surface area contributed by atoms with Gasteiger partial charge >= 0.3 is 0 Å². The van der Waals surface area contributed by atoms with Gasteiger partial charge in [0, 0.05) is 31.9 Å². The largest absolute Gasteiger partial charge is 0.372 e. The molecule has 1 unspecified atom stereocenters. The number of carbonyl (C=O) groups is 2. The third kappa shape index (κ3) is 4.21. The first-order valence-corrected chi connectivity index (χ1v) is 9.31. The SMILES string of the molecule is CCOCC(=O)N1CCn2cc(CC(=O)NC3CCCC3)nc2C1C. The number of imidazole rings is 1. The van der Waals surface area contributed by atoms with Crippen LogP contribution in [0, 0.1) is 0 Å². The monoisotopic (exact) mass is 348 g/mol. The third-order valence-corrected chi connectivity index (χ3v) is 5.09. The summed E-state index contributed by atoms with van der Waals surface area (Å²) >= 11 is 0. The van der Waals surface area contributed by atoms with Gasteiger partial charge in [0.2, 0.25) is 11.8 Å². The summed E-state index contributed by atoms with van der Waals surface area (Å²) in [6.45, 7) is 5.84. The van der Waals surface area contributed by atoms with E-state index in [2.05, 4.69) is 14.9 Å². The van der Waals surface area contributed by atoms with Gasteiger partial charge in [-0.25, -0.2) is 4.98 Å². The lowest BCUT2D eigenvalue weighted by atomic mass is 10.2. The molecule has 0 saturated heterocycles. The van der Waals surface area contributed by atoms with Crippen LogP contribution in [0.15, 0.2) is 6.20 Å². The Morgan fingerprint density at radius 1 is 1.32 bits per heavy atom. The van der Waals surface area contributed by atoms with Crippen molar-refractivity contribution in [2.45, 2.75) is 64.6 Å². The van der Waals surface area contributed by atoms with Gasteiger partial charge in [0.1, 0.15) is 12.4 Å². The highest BCUT2D eigenvalue weighted by Crippen LogP contribution is 2.25. The van der Waals surface area contributed by atoms with E-state index in [1.807, 2.05) is 20.0 Å². The number of hydrogen-bond donors (Lipinski definition) is 1. The van der Waals surface area contributed by atoms with Crippen LogP contribution in [-0.2, 0) is 27.3 Å². The van der Waals surface area contributed by atoms with Gasteiger partial charge in [-0.2, -0.15) is 0 Å². The Balaban J connectivity index is 1.61. The average molecular weight is 348 g/mol. The van der Waals surface area contributed by atoms with E-state index in [0.29, 0.717) is 32.2 Å². The quantitative estimate of drug-likeness (QED) is 0.844. The van der Waals surface area contributed by atoms with Crippen LogP contribution in [0.5, 0.6) is 0 Å². The Labute approximate surface area is 148 Å². The van der Waals surface area contributed by atoms with E-state index >= 15 is 0 Å². The second kappa shape index (κ2) is 7.99. The number of nitrogens with one attached hydrogen (secondary N) is 1. The topological polar surface area (TPSA) is 76.5 Å². The highest BCUT2D eigenvalue weighted by atomic mass is 16.5. The van der Waals surface area contributed by atoms with Crippen molar-refractivity contribution in [3.05, 3.63) is 17.7 Å². The molecule has 1 saturated carbocycles. The zero-order valence-electron chi connectivity index (χ0n) is 15.2. The molecular weight excluding hydrogens is 320 g/mol. The van der Waals surface area contributed by atoms with Crippen LogP contribution in [0.4, 0.5) is 0 Å². The van der Waals surface area contributed by atoms with Crippen molar-refractivity contribution in [1.29, 1.82) is 0 Å². The van der Waals surface area contributed by atoms with Gasteiger partial charge in [-0.15, -0.1) is 0 Å². The van der Waals surface area contributed by atoms with Gasteiger partial charge in [0.25, 0.3) is 0 Å². The first kappa shape index (κ1) is 17.9. The summed E-state index contributed by atoms with van der Waals surface area (Å²) in [6.07, 6.45) is 6.82. The second-order valence-electron chi connectivity index (χ2n) is 6.91. The molecule has 2 heterocycles. The molecular formula is C18H28N4O3. The van der Waals surface area contributed by atoms with Crippen molar-refractivity contribution in [3.63, 3.8) is 0 Å². The summed E-state index contributed by atoms with van der Waals surface area (Å²) in [4.78, 5) is 30.9. The van der Waals surface area contributed by atoms with Gasteiger partial charge in [0.05, 0.1) is 18.2 Å². The zero-order chi connectivity index (χ0) is 17.8. The third-order valence-electron chi connectivity index (χ3n) is 5.09. The smallest absolute Gasteiger partial charge is 0.249 e. The molecule has 2 aliphatic rings. The molecule has 1 atom stereocenters. The molecule has 7 nitrogen and oxygen atoms in total. The standard InChI is InChI=1S/C18H28N4O3/c1-3-25-12-17(24)22-9-8-21-11-15(20-18(21)13(22)2)10-16(23)19-14-6-4-5-7-14/h11,13-14H,3-10,12H2,1-2H3,(H,19,23). The number of carbonyl (C=O) groups excluding carboxylic acids is 2. The average Bonchev–Trinajstić information content (AvgIpc) is 3.22. The van der Waals surface area contributed by atoms with Crippen LogP contribution in [0.3, 0.4) is 0 Å². The number of amides is 2. The van der Waals surface area contributed by atoms with Crippen molar-refractivity contribution in [2.75, 3.05) is 19.8 Å². The van der Waals surface area contributed by atoms with Crippen LogP contribution in [0.25, 0.3) is 0 Å². The minimum Gasteiger partial charge on any atom is -0.372 e. The fourth-order valence-electron chi connectivity index (χ4n) is 3.76. The number of nitrogens with zero attached hydrogens (tertiary/aromatic N) is 3. The lowest BCUT2D eigenvalue weighted by molar-refractivity contribution is -0.139. The van der Waals surface area contributed by atoms with Gasteiger partial charge in [-0.1, -0.05) is 12.8 Å². The summed E-state index contributed by atoms with van der Waals surface area (Å²) in [5.74, 6) is 0.878. The van der Waals surface area contributed by atoms with Crippen LogP contribution in [-0.4, -0.2) is 52.1 Å². The number of fused-ring (bicyclic) bond motifs is 1. The van der Waals surface area contributed by atoms with Gasteiger partial charge in [-0.3, -0.25) is 9.59 Å². The molecule has 0 bridgehead atoms. The molecule has 1 aromatic rings. The lowest BCUT2D eigenvalue weighted by Gasteiger charge is -2.33. The van der Waals surface area contributed by atoms with Crippen LogP contribution < -0.4 is 5.32 Å². The Morgan fingerprint density at radius 2 is 2.08 bits per heavy atom. The Hall–Kier alpha value is -1.89. The zero-order valence-corrected chi connectivity index (χ0v) is 15.2. The van der Waals surface area contributed by atoms with Crippen molar-refractivity contribution in [3.8, 4) is 0 Å². The molecule has 25 heavy (non-hydrogen) atoms. The molecule has 7 heteroatoms. The van der Waals surface area contributed by atoms with E-state index in [9.17, 15) is 9.59 Å². The highest BCUT2D eigenvalue weighted by molar-refractivity contribution is 5.79. The highest BCUT2D eigenvalue weighted by Gasteiger charge is 2.30. The molecule has 1 N–H and O–H groups in total. The molecule has 0 spiro atoms. The predicted octanol–water partition coefficient (Wildman–Crippen LogP) is 1.42. The molecule has 3 rings (SSSR count). The van der Waals surface area contributed by atoms with Crippen molar-refractivity contribution in [1.82, 2.24) is 19.8 Å². The number of ether oxygens (including phenoxy) is 1. The summed E-state index contributed by atoms with van der Waals surface area (Å²) in [5.41, 5.74) is 0.774. The summed E-state index contributed by atoms with van der Waals surface area (Å²) in [6, 6.07) is 0.226. The Kier molecular flexibility index (Phi) is 5.73. The molecule has 1 aromatic heterocycles. The van der Waals surface area contributed by atoms with Crippen molar-refractivity contribution < 1.29 is 14.3 Å². The van der Waals surface area contributed by atoms with E-state index in [-0.39, 0.29) is 24.5 Å². The summed E-state index contributed by atoms with van der Waals surface area (Å²) < 4.78 is 7.30. The van der Waals surface area contributed by atoms with Crippen LogP contribution >= 0.6 is 0 Å². The van der Waals surface area contributed by atoms with Gasteiger partial charge in [-0.05, 0) is 26.7 Å². The van der Waals surface area contributed by atoms with Crippen molar-refractivity contribution in [2.24, 2.45) is 0 Å². The minimum atomic E-state index is -0.103. The fourth-order valence-corrected chi connectivity index (χ4v) is 3.76. The Morgan fingerprint density at radius 3 is 2.80 bits per heavy atom. The number of aromatic nitrogens is 2. The first-order chi connectivity index (χ1) is 12.1. The van der Waals surface area contributed by atoms with E-state index in [4.69, 9.17) is 4.74 Å². The molecule has 1 aliphatic carbocycles. The summed E-state index contributed by atoms with van der Waals surface area (Å²) in [7, 11) is 0. The molecule has 0 aromatic carbocycles. The molecule has 2 amide bonds. The van der Waals surface area contributed by atoms with E-state index in [0.717, 1.165) is 24.4 Å². The van der Waals surface area contributed by atoms with Gasteiger partial charge < -0.3 is 19.5 Å². The number of hydrogen-bond acceptors (Lipinski definition) is 4. The molecule has 1 aliphatic heterocycles. The van der Waals surface area contributed by atoms with Gasteiger partial charge in [0.15, 0.2) is 0 Å². The molecule has 1 fully saturated rings. The van der Waals surface area contributed by atoms with E-state index in [1.165, 1.54) is 12.8 Å². The minimum absolute atomic E-state index is 0.0101. The van der Waals surface area contributed by atoms with E-state index < -0.39 is 0 Å². The van der Waals surface area contributed by atoms with Crippen LogP contribution in [0.1, 0.15) is 57.1 Å². The maximum Gasteiger partial charge on any atom is 0.249 e. The predicted molar refractivity (Wildman–Crippen MR) is 93.0 cm³/mol. The fraction of sp³-hybridized carbons (Fsp3) is 0.722. The first-order valence-electron chi connectivity index (χ1n) is 9.31. The summed E-state index contributed by atoms with van der Waals surface area (Å²) in [5, 5.41) is 3.10. The number of rotatable bonds is 6. The Bertz CT molecular complexity index is 622. The normalized spacial score (nSPS) is 20.6. The van der Waals surface area contributed by atoms with Crippen molar-refractivity contribution >= 4 is 11.8 Å². The van der Waals surface area contributed by atoms with Crippen LogP contribution in [0.2, 0.25) is 0 Å². The van der Waals surface area contributed by atoms with E-state index in [1.54, 1.807) is 4.90 Å². The second-order valence-corrected chi connectivity index (χ2v) is 6.91.